The summed E-state index contributed by atoms with van der Waals surface area (Å²) in [6.07, 6.45) is 1.79. The zero-order valence-electron chi connectivity index (χ0n) is 16.3. The second kappa shape index (κ2) is 8.39. The van der Waals surface area contributed by atoms with Crippen molar-refractivity contribution in [1.29, 1.82) is 0 Å². The Morgan fingerprint density at radius 1 is 1.31 bits per heavy atom. The van der Waals surface area contributed by atoms with E-state index >= 15 is 0 Å². The van der Waals surface area contributed by atoms with Crippen LogP contribution in [0.4, 0.5) is 5.82 Å². The molecule has 29 heavy (non-hydrogen) atoms. The molecule has 1 fully saturated rings. The molecule has 4 rings (SSSR count). The fraction of sp³-hybridized carbons (Fsp3) is 0.400. The third-order valence-corrected chi connectivity index (χ3v) is 8.29. The molecule has 1 N–H and O–H groups in total. The van der Waals surface area contributed by atoms with E-state index in [9.17, 15) is 4.79 Å². The standard InChI is InChI=1S/C20H21ClIN5OS/c1-10-11(2)19(29-16(10)12(3)28)27-9-24-15-17(25-20(21)26-18(15)27)23-8-13-5-4-6-14(22)7-13/h4-7,9-11,16,19H,8H2,1-3H3,(H,23,25,26). The van der Waals surface area contributed by atoms with E-state index in [1.54, 1.807) is 25.0 Å². The predicted molar refractivity (Wildman–Crippen MR) is 126 cm³/mol. The minimum Gasteiger partial charge on any atom is -0.364 e. The average Bonchev–Trinajstić information content (AvgIpc) is 3.21. The summed E-state index contributed by atoms with van der Waals surface area (Å²) < 4.78 is 3.22. The van der Waals surface area contributed by atoms with Crippen LogP contribution < -0.4 is 5.32 Å². The van der Waals surface area contributed by atoms with E-state index in [1.807, 2.05) is 10.6 Å². The third-order valence-electron chi connectivity index (χ3n) is 5.46. The normalized spacial score (nSPS) is 24.2. The van der Waals surface area contributed by atoms with Crippen LogP contribution in [-0.4, -0.2) is 30.6 Å². The molecule has 4 atom stereocenters. The lowest BCUT2D eigenvalue weighted by Gasteiger charge is -2.18. The number of hydrogen-bond donors (Lipinski definition) is 1. The summed E-state index contributed by atoms with van der Waals surface area (Å²) in [5.41, 5.74) is 2.53. The van der Waals surface area contributed by atoms with Gasteiger partial charge in [0.15, 0.2) is 17.0 Å². The maximum Gasteiger partial charge on any atom is 0.226 e. The van der Waals surface area contributed by atoms with Crippen molar-refractivity contribution in [3.8, 4) is 0 Å². The molecule has 0 bridgehead atoms. The number of carbonyl (C=O) groups excluding carboxylic acids is 1. The molecule has 0 spiro atoms. The first kappa shape index (κ1) is 20.9. The summed E-state index contributed by atoms with van der Waals surface area (Å²) in [7, 11) is 0. The zero-order chi connectivity index (χ0) is 20.7. The lowest BCUT2D eigenvalue weighted by Crippen LogP contribution is -2.21. The number of aromatic nitrogens is 4. The van der Waals surface area contributed by atoms with Gasteiger partial charge in [0.25, 0.3) is 0 Å². The number of ketones is 1. The van der Waals surface area contributed by atoms with E-state index < -0.39 is 0 Å². The molecule has 152 valence electrons. The monoisotopic (exact) mass is 541 g/mol. The van der Waals surface area contributed by atoms with Crippen LogP contribution in [0.15, 0.2) is 30.6 Å². The number of halogens is 2. The Hall–Kier alpha value is -1.39. The Balaban J connectivity index is 1.66. The number of thioether (sulfide) groups is 1. The minimum atomic E-state index is -0.0112. The van der Waals surface area contributed by atoms with Gasteiger partial charge in [-0.15, -0.1) is 11.8 Å². The molecule has 1 aromatic carbocycles. The number of imidazole rings is 1. The topological polar surface area (TPSA) is 72.7 Å². The van der Waals surface area contributed by atoms with Crippen molar-refractivity contribution in [1.82, 2.24) is 19.5 Å². The number of rotatable bonds is 5. The van der Waals surface area contributed by atoms with E-state index in [1.165, 1.54) is 3.57 Å². The zero-order valence-corrected chi connectivity index (χ0v) is 20.0. The molecule has 1 saturated heterocycles. The molecule has 2 aromatic heterocycles. The van der Waals surface area contributed by atoms with E-state index in [-0.39, 0.29) is 27.6 Å². The highest BCUT2D eigenvalue weighted by atomic mass is 127. The molecule has 0 saturated carbocycles. The van der Waals surface area contributed by atoms with E-state index in [2.05, 4.69) is 74.9 Å². The van der Waals surface area contributed by atoms with Crippen LogP contribution in [0.2, 0.25) is 5.28 Å². The predicted octanol–water partition coefficient (Wildman–Crippen LogP) is 5.17. The lowest BCUT2D eigenvalue weighted by atomic mass is 9.91. The van der Waals surface area contributed by atoms with E-state index in [0.29, 0.717) is 29.4 Å². The second-order valence-electron chi connectivity index (χ2n) is 7.42. The van der Waals surface area contributed by atoms with Crippen LogP contribution in [0.25, 0.3) is 11.2 Å². The Morgan fingerprint density at radius 2 is 2.10 bits per heavy atom. The number of Topliss-reactive ketones (excluding diaryl/α,β-unsaturated/α-hetero) is 1. The number of carbonyl (C=O) groups is 1. The van der Waals surface area contributed by atoms with Gasteiger partial charge in [0.05, 0.1) is 17.0 Å². The van der Waals surface area contributed by atoms with Gasteiger partial charge in [-0.05, 0) is 70.6 Å². The lowest BCUT2D eigenvalue weighted by molar-refractivity contribution is -0.117. The largest absolute Gasteiger partial charge is 0.364 e. The summed E-state index contributed by atoms with van der Waals surface area (Å²) in [6, 6.07) is 8.27. The van der Waals surface area contributed by atoms with Gasteiger partial charge < -0.3 is 9.88 Å². The van der Waals surface area contributed by atoms with Crippen molar-refractivity contribution in [3.63, 3.8) is 0 Å². The maximum atomic E-state index is 12.0. The van der Waals surface area contributed by atoms with Crippen molar-refractivity contribution < 1.29 is 4.79 Å². The molecule has 3 aromatic rings. The first-order chi connectivity index (χ1) is 13.8. The number of fused-ring (bicyclic) bond motifs is 1. The number of nitrogens with one attached hydrogen (secondary N) is 1. The highest BCUT2D eigenvalue weighted by Crippen LogP contribution is 2.50. The van der Waals surface area contributed by atoms with Crippen molar-refractivity contribution >= 4 is 68.7 Å². The van der Waals surface area contributed by atoms with Crippen LogP contribution in [0, 0.1) is 15.4 Å². The van der Waals surface area contributed by atoms with E-state index in [0.717, 1.165) is 5.56 Å². The molecule has 1 aliphatic heterocycles. The van der Waals surface area contributed by atoms with Gasteiger partial charge in [0, 0.05) is 10.1 Å². The highest BCUT2D eigenvalue weighted by Gasteiger charge is 2.42. The Kier molecular flexibility index (Phi) is 6.04. The molecule has 0 amide bonds. The number of hydrogen-bond acceptors (Lipinski definition) is 6. The minimum absolute atomic E-state index is 0.0112. The fourth-order valence-electron chi connectivity index (χ4n) is 3.75. The second-order valence-corrected chi connectivity index (χ2v) is 10.3. The smallest absolute Gasteiger partial charge is 0.226 e. The number of benzene rings is 1. The molecule has 9 heteroatoms. The van der Waals surface area contributed by atoms with Crippen LogP contribution in [0.5, 0.6) is 0 Å². The summed E-state index contributed by atoms with van der Waals surface area (Å²) >= 11 is 10.2. The average molecular weight is 542 g/mol. The van der Waals surface area contributed by atoms with Gasteiger partial charge in [-0.1, -0.05) is 26.0 Å². The van der Waals surface area contributed by atoms with Gasteiger partial charge in [-0.25, -0.2) is 4.98 Å². The van der Waals surface area contributed by atoms with Gasteiger partial charge >= 0.3 is 0 Å². The van der Waals surface area contributed by atoms with Gasteiger partial charge in [0.1, 0.15) is 5.78 Å². The summed E-state index contributed by atoms with van der Waals surface area (Å²) in [5, 5.41) is 3.59. The Morgan fingerprint density at radius 3 is 2.79 bits per heavy atom. The van der Waals surface area contributed by atoms with Crippen molar-refractivity contribution in [2.75, 3.05) is 5.32 Å². The molecular formula is C20H21ClIN5OS. The SMILES string of the molecule is CC(=O)C1SC(n2cnc3c(NCc4cccc(I)c4)nc(Cl)nc32)C(C)C1C. The summed E-state index contributed by atoms with van der Waals surface area (Å²) in [4.78, 5) is 25.4. The van der Waals surface area contributed by atoms with Crippen molar-refractivity contribution in [3.05, 3.63) is 45.0 Å². The van der Waals surface area contributed by atoms with Crippen LogP contribution in [0.3, 0.4) is 0 Å². The summed E-state index contributed by atoms with van der Waals surface area (Å²) in [6.45, 7) is 6.60. The molecule has 4 unspecified atom stereocenters. The van der Waals surface area contributed by atoms with Crippen molar-refractivity contribution in [2.45, 2.75) is 37.9 Å². The van der Waals surface area contributed by atoms with Crippen molar-refractivity contribution in [2.24, 2.45) is 11.8 Å². The summed E-state index contributed by atoms with van der Waals surface area (Å²) in [5.74, 6) is 1.43. The number of anilines is 1. The van der Waals surface area contributed by atoms with Crippen LogP contribution in [0.1, 0.15) is 31.7 Å². The first-order valence-electron chi connectivity index (χ1n) is 9.39. The first-order valence-corrected chi connectivity index (χ1v) is 11.8. The third kappa shape index (κ3) is 4.11. The van der Waals surface area contributed by atoms with Crippen LogP contribution in [-0.2, 0) is 11.3 Å². The molecule has 3 heterocycles. The van der Waals surface area contributed by atoms with Gasteiger partial charge in [0.2, 0.25) is 5.28 Å². The van der Waals surface area contributed by atoms with Gasteiger partial charge in [-0.2, -0.15) is 9.97 Å². The number of nitrogens with zero attached hydrogens (tertiary/aromatic N) is 4. The molecule has 0 aliphatic carbocycles. The van der Waals surface area contributed by atoms with E-state index in [4.69, 9.17) is 11.6 Å². The quantitative estimate of drug-likeness (QED) is 0.355. The molecule has 6 nitrogen and oxygen atoms in total. The molecule has 1 aliphatic rings. The Bertz CT molecular complexity index is 1070. The Labute approximate surface area is 192 Å². The van der Waals surface area contributed by atoms with Crippen LogP contribution >= 0.6 is 46.0 Å². The fourth-order valence-corrected chi connectivity index (χ4v) is 6.29. The highest BCUT2D eigenvalue weighted by molar-refractivity contribution is 14.1. The van der Waals surface area contributed by atoms with Gasteiger partial charge in [-0.3, -0.25) is 4.79 Å². The molecule has 0 radical (unpaired) electrons. The molecular weight excluding hydrogens is 521 g/mol. The maximum absolute atomic E-state index is 12.0.